The first kappa shape index (κ1) is 14.9. The van der Waals surface area contributed by atoms with Crippen molar-refractivity contribution in [2.45, 2.75) is 36.3 Å². The zero-order valence-electron chi connectivity index (χ0n) is 12.4. The molecule has 4 atom stereocenters. The summed E-state index contributed by atoms with van der Waals surface area (Å²) < 4.78 is 24.1. The van der Waals surface area contributed by atoms with Gasteiger partial charge in [0, 0.05) is 16.2 Å². The molecule has 1 saturated carbocycles. The lowest BCUT2D eigenvalue weighted by Gasteiger charge is -2.33. The fourth-order valence-electron chi connectivity index (χ4n) is 3.25. The number of fused-ring (bicyclic) bond motifs is 1. The average molecular weight is 309 g/mol. The van der Waals surface area contributed by atoms with Crippen molar-refractivity contribution in [2.24, 2.45) is 17.6 Å². The third-order valence-electron chi connectivity index (χ3n) is 4.51. The first-order valence-electron chi connectivity index (χ1n) is 7.69. The van der Waals surface area contributed by atoms with Crippen LogP contribution in [-0.2, 0) is 10.8 Å². The maximum absolute atomic E-state index is 13.0. The summed E-state index contributed by atoms with van der Waals surface area (Å²) >= 11 is 0. The maximum atomic E-state index is 13.0. The van der Waals surface area contributed by atoms with Crippen molar-refractivity contribution in [1.29, 1.82) is 0 Å². The first-order valence-corrected chi connectivity index (χ1v) is 8.90. The van der Waals surface area contributed by atoms with Gasteiger partial charge in [0.25, 0.3) is 0 Å². The van der Waals surface area contributed by atoms with Crippen LogP contribution in [0, 0.1) is 11.8 Å². The van der Waals surface area contributed by atoms with E-state index in [1.807, 2.05) is 18.2 Å². The van der Waals surface area contributed by atoms with Gasteiger partial charge in [-0.05, 0) is 43.4 Å². The number of hydrogen-bond acceptors (Lipinski definition) is 4. The van der Waals surface area contributed by atoms with Gasteiger partial charge in [0.05, 0.1) is 10.8 Å². The molecule has 1 aromatic rings. The predicted molar refractivity (Wildman–Crippen MR) is 83.2 cm³/mol. The lowest BCUT2D eigenvalue weighted by Crippen LogP contribution is -2.36. The third-order valence-corrected chi connectivity index (χ3v) is 6.36. The van der Waals surface area contributed by atoms with Gasteiger partial charge in [0.1, 0.15) is 13.2 Å². The van der Waals surface area contributed by atoms with Gasteiger partial charge in [-0.3, -0.25) is 4.21 Å². The molecule has 0 bridgehead atoms. The van der Waals surface area contributed by atoms with E-state index in [4.69, 9.17) is 15.2 Å². The second kappa shape index (κ2) is 6.36. The van der Waals surface area contributed by atoms with E-state index in [0.29, 0.717) is 37.3 Å². The third kappa shape index (κ3) is 3.09. The van der Waals surface area contributed by atoms with Crippen LogP contribution >= 0.6 is 0 Å². The summed E-state index contributed by atoms with van der Waals surface area (Å²) in [6.07, 6.45) is 3.26. The van der Waals surface area contributed by atoms with Crippen molar-refractivity contribution in [3.05, 3.63) is 18.2 Å². The van der Waals surface area contributed by atoms with Gasteiger partial charge in [0.2, 0.25) is 0 Å². The Balaban J connectivity index is 1.83. The maximum Gasteiger partial charge on any atom is 0.162 e. The summed E-state index contributed by atoms with van der Waals surface area (Å²) in [5, 5.41) is 0.154. The molecule has 21 heavy (non-hydrogen) atoms. The van der Waals surface area contributed by atoms with Crippen LogP contribution in [0.4, 0.5) is 0 Å². The van der Waals surface area contributed by atoms with E-state index >= 15 is 0 Å². The Labute approximate surface area is 128 Å². The van der Waals surface area contributed by atoms with E-state index in [9.17, 15) is 4.21 Å². The van der Waals surface area contributed by atoms with Crippen molar-refractivity contribution < 1.29 is 13.7 Å². The molecule has 0 aromatic heterocycles. The first-order chi connectivity index (χ1) is 10.2. The summed E-state index contributed by atoms with van der Waals surface area (Å²) in [6.45, 7) is 3.98. The minimum absolute atomic E-state index is 0.154. The molecule has 5 heteroatoms. The summed E-state index contributed by atoms with van der Waals surface area (Å²) in [5.74, 6) is 2.43. The van der Waals surface area contributed by atoms with Crippen molar-refractivity contribution in [2.75, 3.05) is 19.8 Å². The van der Waals surface area contributed by atoms with E-state index in [0.717, 1.165) is 23.5 Å². The Hall–Kier alpha value is -1.07. The van der Waals surface area contributed by atoms with E-state index in [2.05, 4.69) is 6.92 Å². The van der Waals surface area contributed by atoms with Gasteiger partial charge in [-0.1, -0.05) is 13.3 Å². The van der Waals surface area contributed by atoms with Crippen LogP contribution in [0.2, 0.25) is 0 Å². The zero-order chi connectivity index (χ0) is 14.8. The molecule has 2 aliphatic rings. The molecule has 0 amide bonds. The monoisotopic (exact) mass is 309 g/mol. The number of nitrogens with two attached hydrogens (primary N) is 1. The molecule has 0 saturated heterocycles. The molecule has 1 aliphatic carbocycles. The zero-order valence-corrected chi connectivity index (χ0v) is 13.2. The van der Waals surface area contributed by atoms with Crippen molar-refractivity contribution in [3.8, 4) is 11.5 Å². The predicted octanol–water partition coefficient (Wildman–Crippen LogP) is 2.33. The van der Waals surface area contributed by atoms with Gasteiger partial charge >= 0.3 is 0 Å². The Bertz CT molecular complexity index is 534. The minimum Gasteiger partial charge on any atom is -0.486 e. The van der Waals surface area contributed by atoms with Gasteiger partial charge in [0.15, 0.2) is 11.5 Å². The Morgan fingerprint density at radius 3 is 2.76 bits per heavy atom. The van der Waals surface area contributed by atoms with Crippen LogP contribution in [0.15, 0.2) is 23.1 Å². The second-order valence-corrected chi connectivity index (χ2v) is 7.73. The average Bonchev–Trinajstić information content (AvgIpc) is 2.53. The molecule has 4 unspecified atom stereocenters. The molecule has 2 N–H and O–H groups in total. The van der Waals surface area contributed by atoms with Crippen molar-refractivity contribution in [1.82, 2.24) is 0 Å². The van der Waals surface area contributed by atoms with E-state index < -0.39 is 10.8 Å². The number of benzene rings is 1. The fourth-order valence-corrected chi connectivity index (χ4v) is 5.12. The summed E-state index contributed by atoms with van der Waals surface area (Å²) in [4.78, 5) is 0.830. The van der Waals surface area contributed by atoms with Crippen LogP contribution in [0.5, 0.6) is 11.5 Å². The molecule has 4 nitrogen and oxygen atoms in total. The van der Waals surface area contributed by atoms with E-state index in [1.54, 1.807) is 0 Å². The molecule has 3 rings (SSSR count). The molecular formula is C16H23NO3S. The molecule has 0 radical (unpaired) electrons. The summed E-state index contributed by atoms with van der Waals surface area (Å²) in [6, 6.07) is 5.64. The quantitative estimate of drug-likeness (QED) is 0.931. The highest BCUT2D eigenvalue weighted by atomic mass is 32.2. The Morgan fingerprint density at radius 1 is 1.24 bits per heavy atom. The Kier molecular flexibility index (Phi) is 4.50. The molecule has 0 spiro atoms. The van der Waals surface area contributed by atoms with Crippen molar-refractivity contribution in [3.63, 3.8) is 0 Å². The molecule has 116 valence electrons. The standard InChI is InChI=1S/C16H23NO3S/c1-11-2-3-12(10-17)16(8-11)21(18)13-4-5-14-15(9-13)20-7-6-19-14/h4-5,9,11-12,16H,2-3,6-8,10,17H2,1H3. The van der Waals surface area contributed by atoms with E-state index in [1.165, 1.54) is 6.42 Å². The van der Waals surface area contributed by atoms with Gasteiger partial charge in [-0.25, -0.2) is 0 Å². The van der Waals surface area contributed by atoms with Gasteiger partial charge < -0.3 is 15.2 Å². The molecular weight excluding hydrogens is 286 g/mol. The topological polar surface area (TPSA) is 61.6 Å². The van der Waals surface area contributed by atoms with Crippen LogP contribution in [-0.4, -0.2) is 29.2 Å². The van der Waals surface area contributed by atoms with Crippen LogP contribution in [0.3, 0.4) is 0 Å². The van der Waals surface area contributed by atoms with Crippen LogP contribution in [0.1, 0.15) is 26.2 Å². The number of hydrogen-bond donors (Lipinski definition) is 1. The van der Waals surface area contributed by atoms with Crippen molar-refractivity contribution >= 4 is 10.8 Å². The fraction of sp³-hybridized carbons (Fsp3) is 0.625. The summed E-state index contributed by atoms with van der Waals surface area (Å²) in [5.41, 5.74) is 5.89. The Morgan fingerprint density at radius 2 is 2.00 bits per heavy atom. The van der Waals surface area contributed by atoms with Crippen LogP contribution in [0.25, 0.3) is 0 Å². The molecule has 1 aliphatic heterocycles. The second-order valence-electron chi connectivity index (χ2n) is 6.06. The normalized spacial score (nSPS) is 29.9. The number of rotatable bonds is 3. The summed E-state index contributed by atoms with van der Waals surface area (Å²) in [7, 11) is -1.03. The number of ether oxygens (including phenoxy) is 2. The smallest absolute Gasteiger partial charge is 0.162 e. The molecule has 1 heterocycles. The van der Waals surface area contributed by atoms with Crippen LogP contribution < -0.4 is 15.2 Å². The van der Waals surface area contributed by atoms with Gasteiger partial charge in [-0.15, -0.1) is 0 Å². The lowest BCUT2D eigenvalue weighted by molar-refractivity contribution is 0.171. The highest BCUT2D eigenvalue weighted by Crippen LogP contribution is 2.37. The minimum atomic E-state index is -1.03. The van der Waals surface area contributed by atoms with Gasteiger partial charge in [-0.2, -0.15) is 0 Å². The highest BCUT2D eigenvalue weighted by Gasteiger charge is 2.33. The van der Waals surface area contributed by atoms with E-state index in [-0.39, 0.29) is 5.25 Å². The molecule has 1 aromatic carbocycles. The molecule has 1 fully saturated rings. The highest BCUT2D eigenvalue weighted by molar-refractivity contribution is 7.85. The lowest BCUT2D eigenvalue weighted by atomic mass is 9.82. The SMILES string of the molecule is CC1CCC(CN)C(S(=O)c2ccc3c(c2)OCCO3)C1. The largest absolute Gasteiger partial charge is 0.486 e.